The number of aromatic nitrogens is 3. The molecule has 1 N–H and O–H groups in total. The SMILES string of the molecule is C[C@H]1CN(C(=O)OC(C)(C)C)CCN1c1ncnc2[nH]cc(-c3ccccc3F)c12. The second-order valence-corrected chi connectivity index (χ2v) is 8.57. The third-order valence-electron chi connectivity index (χ3n) is 5.17. The smallest absolute Gasteiger partial charge is 0.410 e. The van der Waals surface area contributed by atoms with Crippen molar-refractivity contribution in [2.45, 2.75) is 39.3 Å². The number of fused-ring (bicyclic) bond motifs is 1. The van der Waals surface area contributed by atoms with E-state index < -0.39 is 5.60 Å². The maximum atomic E-state index is 14.5. The third-order valence-corrected chi connectivity index (χ3v) is 5.17. The number of carbonyl (C=O) groups is 1. The Labute approximate surface area is 174 Å². The number of halogens is 1. The first-order valence-electron chi connectivity index (χ1n) is 10.1. The highest BCUT2D eigenvalue weighted by Gasteiger charge is 2.32. The number of nitrogens with zero attached hydrogens (tertiary/aromatic N) is 4. The van der Waals surface area contributed by atoms with Gasteiger partial charge in [0.15, 0.2) is 0 Å². The molecule has 1 aromatic carbocycles. The van der Waals surface area contributed by atoms with Gasteiger partial charge < -0.3 is 19.5 Å². The zero-order chi connectivity index (χ0) is 21.5. The van der Waals surface area contributed by atoms with E-state index in [2.05, 4.69) is 19.9 Å². The number of amides is 1. The molecule has 1 aliphatic heterocycles. The predicted octanol–water partition coefficient (Wildman–Crippen LogP) is 4.21. The molecule has 30 heavy (non-hydrogen) atoms. The van der Waals surface area contributed by atoms with Crippen molar-refractivity contribution in [3.8, 4) is 11.1 Å². The fourth-order valence-corrected chi connectivity index (χ4v) is 3.82. The van der Waals surface area contributed by atoms with Crippen LogP contribution in [0.2, 0.25) is 0 Å². The number of nitrogens with one attached hydrogen (secondary N) is 1. The fraction of sp³-hybridized carbons (Fsp3) is 0.409. The Hall–Kier alpha value is -3.16. The van der Waals surface area contributed by atoms with Crippen LogP contribution in [-0.4, -0.2) is 57.2 Å². The van der Waals surface area contributed by atoms with Gasteiger partial charge in [0.1, 0.15) is 29.2 Å². The molecule has 0 aliphatic carbocycles. The van der Waals surface area contributed by atoms with Gasteiger partial charge in [0.2, 0.25) is 0 Å². The van der Waals surface area contributed by atoms with Crippen LogP contribution in [0.1, 0.15) is 27.7 Å². The molecule has 0 bridgehead atoms. The van der Waals surface area contributed by atoms with Gasteiger partial charge in [-0.1, -0.05) is 18.2 Å². The van der Waals surface area contributed by atoms with E-state index >= 15 is 0 Å². The Morgan fingerprint density at radius 2 is 1.97 bits per heavy atom. The van der Waals surface area contributed by atoms with Crippen LogP contribution in [0.3, 0.4) is 0 Å². The van der Waals surface area contributed by atoms with E-state index in [1.807, 2.05) is 33.8 Å². The summed E-state index contributed by atoms with van der Waals surface area (Å²) < 4.78 is 20.0. The lowest BCUT2D eigenvalue weighted by molar-refractivity contribution is 0.0218. The molecule has 7 nitrogen and oxygen atoms in total. The van der Waals surface area contributed by atoms with Crippen LogP contribution in [0.4, 0.5) is 15.0 Å². The van der Waals surface area contributed by atoms with E-state index in [0.717, 1.165) is 16.8 Å². The van der Waals surface area contributed by atoms with E-state index in [-0.39, 0.29) is 18.0 Å². The second-order valence-electron chi connectivity index (χ2n) is 8.57. The number of rotatable bonds is 2. The highest BCUT2D eigenvalue weighted by Crippen LogP contribution is 2.36. The first kappa shape index (κ1) is 20.1. The summed E-state index contributed by atoms with van der Waals surface area (Å²) in [5, 5.41) is 0.778. The molecule has 8 heteroatoms. The van der Waals surface area contributed by atoms with Crippen molar-refractivity contribution in [3.63, 3.8) is 0 Å². The van der Waals surface area contributed by atoms with Gasteiger partial charge in [-0.2, -0.15) is 0 Å². The maximum absolute atomic E-state index is 14.5. The molecule has 3 aromatic rings. The first-order chi connectivity index (χ1) is 14.2. The summed E-state index contributed by atoms with van der Waals surface area (Å²) in [5.74, 6) is 0.437. The molecule has 0 spiro atoms. The Balaban J connectivity index is 1.65. The summed E-state index contributed by atoms with van der Waals surface area (Å²) in [6.45, 7) is 9.24. The average Bonchev–Trinajstić information content (AvgIpc) is 3.11. The number of anilines is 1. The van der Waals surface area contributed by atoms with Crippen molar-refractivity contribution in [2.75, 3.05) is 24.5 Å². The molecule has 1 atom stereocenters. The lowest BCUT2D eigenvalue weighted by Gasteiger charge is -2.41. The molecule has 3 heterocycles. The molecule has 0 unspecified atom stereocenters. The molecular formula is C22H26FN5O2. The Morgan fingerprint density at radius 3 is 2.67 bits per heavy atom. The molecule has 2 aromatic heterocycles. The van der Waals surface area contributed by atoms with Crippen molar-refractivity contribution in [1.82, 2.24) is 19.9 Å². The summed E-state index contributed by atoms with van der Waals surface area (Å²) >= 11 is 0. The summed E-state index contributed by atoms with van der Waals surface area (Å²) in [6.07, 6.45) is 2.96. The van der Waals surface area contributed by atoms with Gasteiger partial charge in [-0.05, 0) is 33.8 Å². The summed E-state index contributed by atoms with van der Waals surface area (Å²) in [6, 6.07) is 6.68. The summed E-state index contributed by atoms with van der Waals surface area (Å²) in [5.41, 5.74) is 1.34. The van der Waals surface area contributed by atoms with Gasteiger partial charge in [0.25, 0.3) is 0 Å². The number of H-pyrrole nitrogens is 1. The highest BCUT2D eigenvalue weighted by atomic mass is 19.1. The molecular weight excluding hydrogens is 385 g/mol. The Bertz CT molecular complexity index is 1070. The molecule has 0 radical (unpaired) electrons. The lowest BCUT2D eigenvalue weighted by Crippen LogP contribution is -2.54. The zero-order valence-corrected chi connectivity index (χ0v) is 17.6. The highest BCUT2D eigenvalue weighted by molar-refractivity contribution is 6.01. The van der Waals surface area contributed by atoms with Crippen LogP contribution in [0.5, 0.6) is 0 Å². The number of benzene rings is 1. The molecule has 1 amide bonds. The van der Waals surface area contributed by atoms with Crippen molar-refractivity contribution >= 4 is 22.9 Å². The van der Waals surface area contributed by atoms with Gasteiger partial charge in [0, 0.05) is 43.0 Å². The summed E-state index contributed by atoms with van der Waals surface area (Å²) in [4.78, 5) is 28.3. The Kier molecular flexibility index (Phi) is 5.09. The van der Waals surface area contributed by atoms with Gasteiger partial charge >= 0.3 is 6.09 Å². The van der Waals surface area contributed by atoms with Gasteiger partial charge in [0.05, 0.1) is 5.39 Å². The standard InChI is InChI=1S/C22H26FN5O2/c1-14-12-27(21(29)30-22(2,3)4)9-10-28(14)20-18-16(11-24-19(18)25-13-26-20)15-7-5-6-8-17(15)23/h5-8,11,13-14H,9-10,12H2,1-4H3,(H,24,25,26)/t14-/m0/s1. The minimum absolute atomic E-state index is 0.00717. The number of hydrogen-bond acceptors (Lipinski definition) is 5. The number of carbonyl (C=O) groups excluding carboxylic acids is 1. The van der Waals surface area contributed by atoms with Crippen LogP contribution in [0.25, 0.3) is 22.2 Å². The molecule has 1 fully saturated rings. The first-order valence-corrected chi connectivity index (χ1v) is 10.1. The quantitative estimate of drug-likeness (QED) is 0.684. The minimum Gasteiger partial charge on any atom is -0.444 e. The van der Waals surface area contributed by atoms with Gasteiger partial charge in [-0.15, -0.1) is 0 Å². The Morgan fingerprint density at radius 1 is 1.20 bits per heavy atom. The average molecular weight is 411 g/mol. The van der Waals surface area contributed by atoms with E-state index in [4.69, 9.17) is 4.74 Å². The molecule has 0 saturated carbocycles. The third kappa shape index (κ3) is 3.81. The van der Waals surface area contributed by atoms with Gasteiger partial charge in [-0.25, -0.2) is 19.2 Å². The fourth-order valence-electron chi connectivity index (χ4n) is 3.82. The lowest BCUT2D eigenvalue weighted by atomic mass is 10.0. The number of hydrogen-bond donors (Lipinski definition) is 1. The van der Waals surface area contributed by atoms with E-state index in [9.17, 15) is 9.18 Å². The predicted molar refractivity (Wildman–Crippen MR) is 114 cm³/mol. The summed E-state index contributed by atoms with van der Waals surface area (Å²) in [7, 11) is 0. The normalized spacial score (nSPS) is 17.4. The van der Waals surface area contributed by atoms with Crippen molar-refractivity contribution in [3.05, 3.63) is 42.6 Å². The van der Waals surface area contributed by atoms with Crippen molar-refractivity contribution < 1.29 is 13.9 Å². The number of piperazine rings is 1. The molecule has 4 rings (SSSR count). The van der Waals surface area contributed by atoms with E-state index in [1.54, 1.807) is 23.2 Å². The van der Waals surface area contributed by atoms with Crippen LogP contribution in [0, 0.1) is 5.82 Å². The van der Waals surface area contributed by atoms with Gasteiger partial charge in [-0.3, -0.25) is 0 Å². The van der Waals surface area contributed by atoms with Crippen LogP contribution in [-0.2, 0) is 4.74 Å². The van der Waals surface area contributed by atoms with E-state index in [0.29, 0.717) is 30.8 Å². The largest absolute Gasteiger partial charge is 0.444 e. The van der Waals surface area contributed by atoms with Crippen molar-refractivity contribution in [2.24, 2.45) is 0 Å². The second kappa shape index (κ2) is 7.59. The van der Waals surface area contributed by atoms with Crippen LogP contribution in [0.15, 0.2) is 36.8 Å². The molecule has 158 valence electrons. The number of ether oxygens (including phenoxy) is 1. The maximum Gasteiger partial charge on any atom is 0.410 e. The topological polar surface area (TPSA) is 74.3 Å². The van der Waals surface area contributed by atoms with Crippen LogP contribution >= 0.6 is 0 Å². The van der Waals surface area contributed by atoms with Crippen molar-refractivity contribution in [1.29, 1.82) is 0 Å². The number of aromatic amines is 1. The van der Waals surface area contributed by atoms with E-state index in [1.165, 1.54) is 12.4 Å². The minimum atomic E-state index is -0.532. The monoisotopic (exact) mass is 411 g/mol. The van der Waals surface area contributed by atoms with Crippen LogP contribution < -0.4 is 4.90 Å². The molecule has 1 aliphatic rings. The zero-order valence-electron chi connectivity index (χ0n) is 17.6. The molecule has 1 saturated heterocycles.